The fraction of sp³-hybridized carbons (Fsp3) is 0.250. The van der Waals surface area contributed by atoms with E-state index in [4.69, 9.17) is 4.42 Å². The van der Waals surface area contributed by atoms with Crippen LogP contribution in [0.4, 0.5) is 0 Å². The molecule has 1 atom stereocenters. The standard InChI is InChI=1S/C16H15Br2NOS/c1-3-19-15(14-8-11(17)16(18)21-14)13-7-10-6-9(2)4-5-12(10)20-13/h4-8,15,19H,3H2,1-2H3. The van der Waals surface area contributed by atoms with Crippen molar-refractivity contribution in [3.05, 3.63) is 54.8 Å². The van der Waals surface area contributed by atoms with Gasteiger partial charge >= 0.3 is 0 Å². The van der Waals surface area contributed by atoms with Gasteiger partial charge in [-0.05, 0) is 69.6 Å². The Hall–Kier alpha value is -0.620. The first kappa shape index (κ1) is 15.3. The van der Waals surface area contributed by atoms with Crippen molar-refractivity contribution in [2.75, 3.05) is 6.54 Å². The highest BCUT2D eigenvalue weighted by molar-refractivity contribution is 9.13. The first-order chi connectivity index (χ1) is 10.1. The number of hydrogen-bond acceptors (Lipinski definition) is 3. The van der Waals surface area contributed by atoms with Gasteiger partial charge in [0, 0.05) is 14.7 Å². The highest BCUT2D eigenvalue weighted by atomic mass is 79.9. The van der Waals surface area contributed by atoms with Crippen molar-refractivity contribution in [1.82, 2.24) is 5.32 Å². The minimum Gasteiger partial charge on any atom is -0.459 e. The molecule has 3 rings (SSSR count). The molecule has 2 aromatic heterocycles. The Balaban J connectivity index is 2.06. The normalized spacial score (nSPS) is 13.0. The highest BCUT2D eigenvalue weighted by Crippen LogP contribution is 2.38. The number of halogens is 2. The van der Waals surface area contributed by atoms with Crippen molar-refractivity contribution in [1.29, 1.82) is 0 Å². The first-order valence-corrected chi connectivity index (χ1v) is 9.17. The molecular formula is C16H15Br2NOS. The lowest BCUT2D eigenvalue weighted by Crippen LogP contribution is -2.20. The molecule has 0 fully saturated rings. The first-order valence-electron chi connectivity index (χ1n) is 6.76. The quantitative estimate of drug-likeness (QED) is 0.548. The summed E-state index contributed by atoms with van der Waals surface area (Å²) in [6.07, 6.45) is 0. The van der Waals surface area contributed by atoms with Crippen LogP contribution in [0.5, 0.6) is 0 Å². The SMILES string of the molecule is CCNC(c1cc2cc(C)ccc2o1)c1cc(Br)c(Br)s1. The van der Waals surface area contributed by atoms with Crippen LogP contribution in [0.3, 0.4) is 0 Å². The number of rotatable bonds is 4. The number of furan rings is 1. The summed E-state index contributed by atoms with van der Waals surface area (Å²) in [5.41, 5.74) is 2.18. The van der Waals surface area contributed by atoms with Crippen LogP contribution in [-0.4, -0.2) is 6.54 Å². The van der Waals surface area contributed by atoms with Gasteiger partial charge in [-0.15, -0.1) is 11.3 Å². The fourth-order valence-corrected chi connectivity index (χ4v) is 4.55. The monoisotopic (exact) mass is 427 g/mol. The lowest BCUT2D eigenvalue weighted by Gasteiger charge is -2.13. The Labute approximate surface area is 144 Å². The Kier molecular flexibility index (Phi) is 4.54. The number of nitrogens with one attached hydrogen (secondary N) is 1. The van der Waals surface area contributed by atoms with Crippen LogP contribution < -0.4 is 5.32 Å². The molecule has 0 aliphatic heterocycles. The average molecular weight is 429 g/mol. The van der Waals surface area contributed by atoms with Gasteiger partial charge in [0.05, 0.1) is 3.79 Å². The number of fused-ring (bicyclic) bond motifs is 1. The minimum atomic E-state index is 0.0790. The molecule has 0 spiro atoms. The van der Waals surface area contributed by atoms with E-state index in [9.17, 15) is 0 Å². The van der Waals surface area contributed by atoms with Crippen LogP contribution in [-0.2, 0) is 0 Å². The summed E-state index contributed by atoms with van der Waals surface area (Å²) in [7, 11) is 0. The van der Waals surface area contributed by atoms with Crippen molar-refractivity contribution in [3.63, 3.8) is 0 Å². The smallest absolute Gasteiger partial charge is 0.134 e. The van der Waals surface area contributed by atoms with Gasteiger partial charge in [0.15, 0.2) is 0 Å². The molecule has 0 aliphatic carbocycles. The largest absolute Gasteiger partial charge is 0.459 e. The summed E-state index contributed by atoms with van der Waals surface area (Å²) >= 11 is 8.84. The third kappa shape index (κ3) is 3.11. The molecule has 2 nitrogen and oxygen atoms in total. The molecule has 0 saturated carbocycles. The number of thiophene rings is 1. The van der Waals surface area contributed by atoms with E-state index < -0.39 is 0 Å². The van der Waals surface area contributed by atoms with E-state index in [1.165, 1.54) is 10.4 Å². The maximum atomic E-state index is 6.05. The molecule has 2 heterocycles. The van der Waals surface area contributed by atoms with Gasteiger partial charge in [-0.2, -0.15) is 0 Å². The molecular weight excluding hydrogens is 414 g/mol. The minimum absolute atomic E-state index is 0.0790. The molecule has 1 unspecified atom stereocenters. The molecule has 1 aromatic carbocycles. The van der Waals surface area contributed by atoms with E-state index in [1.807, 2.05) is 6.07 Å². The van der Waals surface area contributed by atoms with Gasteiger partial charge in [-0.1, -0.05) is 18.6 Å². The second-order valence-electron chi connectivity index (χ2n) is 4.95. The van der Waals surface area contributed by atoms with Crippen LogP contribution in [0.25, 0.3) is 11.0 Å². The van der Waals surface area contributed by atoms with Gasteiger partial charge in [-0.25, -0.2) is 0 Å². The predicted octanol–water partition coefficient (Wildman–Crippen LogP) is 6.03. The summed E-state index contributed by atoms with van der Waals surface area (Å²) in [4.78, 5) is 1.23. The molecule has 0 amide bonds. The molecule has 0 radical (unpaired) electrons. The third-order valence-corrected chi connectivity index (χ3v) is 6.65. The number of aryl methyl sites for hydroxylation is 1. The van der Waals surface area contributed by atoms with Gasteiger partial charge in [-0.3, -0.25) is 0 Å². The Bertz CT molecular complexity index is 758. The van der Waals surface area contributed by atoms with Crippen molar-refractivity contribution < 1.29 is 4.42 Å². The van der Waals surface area contributed by atoms with E-state index in [0.29, 0.717) is 0 Å². The van der Waals surface area contributed by atoms with Gasteiger partial charge in [0.25, 0.3) is 0 Å². The number of hydrogen-bond donors (Lipinski definition) is 1. The van der Waals surface area contributed by atoms with Crippen molar-refractivity contribution in [2.45, 2.75) is 19.9 Å². The topological polar surface area (TPSA) is 25.2 Å². The molecule has 110 valence electrons. The van der Waals surface area contributed by atoms with E-state index in [2.05, 4.69) is 75.3 Å². The van der Waals surface area contributed by atoms with Gasteiger partial charge in [0.2, 0.25) is 0 Å². The second-order valence-corrected chi connectivity index (χ2v) is 8.21. The molecule has 0 bridgehead atoms. The maximum Gasteiger partial charge on any atom is 0.134 e. The van der Waals surface area contributed by atoms with Crippen molar-refractivity contribution in [2.24, 2.45) is 0 Å². The maximum absolute atomic E-state index is 6.05. The Morgan fingerprint density at radius 2 is 2.05 bits per heavy atom. The van der Waals surface area contributed by atoms with Crippen LogP contribution in [0, 0.1) is 6.92 Å². The van der Waals surface area contributed by atoms with Gasteiger partial charge < -0.3 is 9.73 Å². The lowest BCUT2D eigenvalue weighted by molar-refractivity contribution is 0.481. The van der Waals surface area contributed by atoms with E-state index in [1.54, 1.807) is 11.3 Å². The van der Waals surface area contributed by atoms with E-state index >= 15 is 0 Å². The predicted molar refractivity (Wildman–Crippen MR) is 96.2 cm³/mol. The zero-order valence-electron chi connectivity index (χ0n) is 11.7. The summed E-state index contributed by atoms with van der Waals surface area (Å²) in [5.74, 6) is 0.957. The highest BCUT2D eigenvalue weighted by Gasteiger charge is 2.20. The zero-order chi connectivity index (χ0) is 15.0. The molecule has 0 saturated heterocycles. The Morgan fingerprint density at radius 3 is 2.71 bits per heavy atom. The molecule has 21 heavy (non-hydrogen) atoms. The van der Waals surface area contributed by atoms with E-state index in [-0.39, 0.29) is 6.04 Å². The van der Waals surface area contributed by atoms with Crippen molar-refractivity contribution >= 4 is 54.2 Å². The fourth-order valence-electron chi connectivity index (χ4n) is 2.38. The van der Waals surface area contributed by atoms with Crippen LogP contribution in [0.2, 0.25) is 0 Å². The van der Waals surface area contributed by atoms with Crippen LogP contribution in [0.1, 0.15) is 29.2 Å². The second kappa shape index (κ2) is 6.24. The summed E-state index contributed by atoms with van der Waals surface area (Å²) < 4.78 is 8.24. The summed E-state index contributed by atoms with van der Waals surface area (Å²) in [6.45, 7) is 5.09. The number of benzene rings is 1. The van der Waals surface area contributed by atoms with Crippen LogP contribution in [0.15, 0.2) is 43.0 Å². The molecule has 0 aliphatic rings. The molecule has 5 heteroatoms. The Morgan fingerprint density at radius 1 is 1.24 bits per heavy atom. The van der Waals surface area contributed by atoms with Gasteiger partial charge in [0.1, 0.15) is 17.4 Å². The van der Waals surface area contributed by atoms with Crippen LogP contribution >= 0.6 is 43.2 Å². The third-order valence-electron chi connectivity index (χ3n) is 3.33. The summed E-state index contributed by atoms with van der Waals surface area (Å²) in [5, 5.41) is 4.66. The molecule has 1 N–H and O–H groups in total. The molecule has 3 aromatic rings. The van der Waals surface area contributed by atoms with E-state index in [0.717, 1.165) is 31.5 Å². The van der Waals surface area contributed by atoms with Crippen molar-refractivity contribution in [3.8, 4) is 0 Å². The lowest BCUT2D eigenvalue weighted by atomic mass is 10.1. The zero-order valence-corrected chi connectivity index (χ0v) is 15.7. The average Bonchev–Trinajstić information content (AvgIpc) is 2.99. The summed E-state index contributed by atoms with van der Waals surface area (Å²) in [6, 6.07) is 10.6.